The summed E-state index contributed by atoms with van der Waals surface area (Å²) in [5, 5.41) is 0. The van der Waals surface area contributed by atoms with Crippen LogP contribution in [0, 0.1) is 0 Å². The zero-order valence-corrected chi connectivity index (χ0v) is 9.73. The van der Waals surface area contributed by atoms with Crippen LogP contribution in [0.15, 0.2) is 0 Å². The summed E-state index contributed by atoms with van der Waals surface area (Å²) in [6.45, 7) is 1.09. The Hall–Kier alpha value is 0.220. The molecule has 0 saturated carbocycles. The highest BCUT2D eigenvalue weighted by Gasteiger charge is 2.18. The quantitative estimate of drug-likeness (QED) is 0.444. The molecule has 0 aromatic rings. The van der Waals surface area contributed by atoms with E-state index in [0.29, 0.717) is 0 Å². The third kappa shape index (κ3) is 12.2. The van der Waals surface area contributed by atoms with Gasteiger partial charge in [0.25, 0.3) is 0 Å². The molecule has 92 valence electrons. The molecule has 0 aromatic carbocycles. The average Bonchev–Trinajstić information content (AvgIpc) is 1.92. The minimum absolute atomic E-state index is 0.148. The number of phosphoric ester groups is 2. The number of hydrogen-bond donors (Lipinski definition) is 2. The van der Waals surface area contributed by atoms with Gasteiger partial charge in [0.15, 0.2) is 0 Å². The maximum absolute atomic E-state index is 10.3. The van der Waals surface area contributed by atoms with Gasteiger partial charge >= 0.3 is 7.82 Å². The van der Waals surface area contributed by atoms with Gasteiger partial charge in [-0.15, -0.1) is 0 Å². The average molecular weight is 262 g/mol. The molecule has 0 aromatic heterocycles. The maximum Gasteiger partial charge on any atom is 0.469 e. The third-order valence-electron chi connectivity index (χ3n) is 1.32. The molecule has 0 fully saturated rings. The van der Waals surface area contributed by atoms with Crippen LogP contribution in [0.2, 0.25) is 0 Å². The Morgan fingerprint density at radius 2 is 1.87 bits per heavy atom. The van der Waals surface area contributed by atoms with Crippen molar-refractivity contribution in [2.24, 2.45) is 0 Å². The standard InChI is InChI=1S/C5H14O8P2/c1-5(13-15(9,10)11)3-2-4-12-14(6,7)8/h5H,2-4H2,1H3,(H2,6,7,8)(H2,9,10,11)/p-2. The van der Waals surface area contributed by atoms with Crippen LogP contribution < -0.4 is 9.79 Å². The molecule has 0 radical (unpaired) electrons. The first-order valence-electron chi connectivity index (χ1n) is 4.01. The van der Waals surface area contributed by atoms with Crippen LogP contribution in [0.4, 0.5) is 0 Å². The van der Waals surface area contributed by atoms with Gasteiger partial charge in [0.1, 0.15) is 0 Å². The van der Waals surface area contributed by atoms with Crippen molar-refractivity contribution in [2.75, 3.05) is 6.61 Å². The van der Waals surface area contributed by atoms with Crippen molar-refractivity contribution in [1.29, 1.82) is 0 Å². The lowest BCUT2D eigenvalue weighted by atomic mass is 10.2. The lowest BCUT2D eigenvalue weighted by molar-refractivity contribution is -0.341. The lowest BCUT2D eigenvalue weighted by Crippen LogP contribution is -2.17. The smallest absolute Gasteiger partial charge is 0.469 e. The first-order valence-corrected chi connectivity index (χ1v) is 7.00. The van der Waals surface area contributed by atoms with Gasteiger partial charge in [-0.2, -0.15) is 0 Å². The molecule has 8 nitrogen and oxygen atoms in total. The summed E-state index contributed by atoms with van der Waals surface area (Å²) >= 11 is 0. The van der Waals surface area contributed by atoms with Gasteiger partial charge < -0.3 is 28.7 Å². The van der Waals surface area contributed by atoms with E-state index in [1.807, 2.05) is 0 Å². The fraction of sp³-hybridized carbons (Fsp3) is 1.00. The second kappa shape index (κ2) is 6.08. The van der Waals surface area contributed by atoms with Crippen LogP contribution in [0.5, 0.6) is 0 Å². The SMILES string of the molecule is CC(CCCOP(=O)([O-])[O-])OP(=O)(O)O. The second-order valence-corrected chi connectivity index (χ2v) is 5.17. The topological polar surface area (TPSA) is 139 Å². The molecule has 1 atom stereocenters. The molecule has 0 bridgehead atoms. The Morgan fingerprint density at radius 1 is 1.33 bits per heavy atom. The van der Waals surface area contributed by atoms with Crippen molar-refractivity contribution in [3.8, 4) is 0 Å². The first kappa shape index (κ1) is 15.2. The van der Waals surface area contributed by atoms with Gasteiger partial charge in [0.05, 0.1) is 20.5 Å². The molecule has 0 heterocycles. The van der Waals surface area contributed by atoms with Crippen molar-refractivity contribution < 1.29 is 37.8 Å². The normalized spacial score (nSPS) is 15.3. The number of rotatable bonds is 7. The fourth-order valence-corrected chi connectivity index (χ4v) is 1.76. The van der Waals surface area contributed by atoms with Gasteiger partial charge in [-0.1, -0.05) is 0 Å². The van der Waals surface area contributed by atoms with E-state index < -0.39 is 21.7 Å². The Bertz CT molecular complexity index is 266. The largest absolute Gasteiger partial charge is 0.790 e. The van der Waals surface area contributed by atoms with Crippen LogP contribution in [-0.4, -0.2) is 22.5 Å². The molecule has 0 spiro atoms. The summed E-state index contributed by atoms with van der Waals surface area (Å²) in [6.07, 6.45) is -0.423. The Kier molecular flexibility index (Phi) is 6.17. The second-order valence-electron chi connectivity index (χ2n) is 2.83. The first-order chi connectivity index (χ1) is 6.60. The highest BCUT2D eigenvalue weighted by Crippen LogP contribution is 2.38. The highest BCUT2D eigenvalue weighted by molar-refractivity contribution is 7.46. The van der Waals surface area contributed by atoms with Gasteiger partial charge in [-0.3, -0.25) is 4.52 Å². The predicted molar refractivity (Wildman–Crippen MR) is 45.4 cm³/mol. The minimum Gasteiger partial charge on any atom is -0.790 e. The van der Waals surface area contributed by atoms with Crippen LogP contribution >= 0.6 is 15.6 Å². The molecular formula is C5H12O8P2-2. The maximum atomic E-state index is 10.3. The highest BCUT2D eigenvalue weighted by atomic mass is 31.2. The Balaban J connectivity index is 3.61. The van der Waals surface area contributed by atoms with Gasteiger partial charge in [-0.05, 0) is 19.8 Å². The Labute approximate surface area is 86.7 Å². The minimum atomic E-state index is -4.96. The molecule has 2 N–H and O–H groups in total. The molecule has 0 amide bonds. The van der Waals surface area contributed by atoms with E-state index in [1.165, 1.54) is 6.92 Å². The van der Waals surface area contributed by atoms with E-state index in [-0.39, 0.29) is 19.4 Å². The molecular weight excluding hydrogens is 250 g/mol. The number of hydrogen-bond acceptors (Lipinski definition) is 6. The van der Waals surface area contributed by atoms with Crippen molar-refractivity contribution >= 4 is 15.6 Å². The van der Waals surface area contributed by atoms with Crippen LogP contribution in [-0.2, 0) is 18.2 Å². The summed E-state index contributed by atoms with van der Waals surface area (Å²) in [4.78, 5) is 36.8. The van der Waals surface area contributed by atoms with Gasteiger partial charge in [0.2, 0.25) is 0 Å². The summed E-state index contributed by atoms with van der Waals surface area (Å²) in [6, 6.07) is 0. The van der Waals surface area contributed by atoms with E-state index in [9.17, 15) is 18.9 Å². The van der Waals surface area contributed by atoms with Crippen molar-refractivity contribution in [3.05, 3.63) is 0 Å². The summed E-state index contributed by atoms with van der Waals surface area (Å²) in [5.41, 5.74) is 0. The molecule has 0 saturated heterocycles. The summed E-state index contributed by atoms with van der Waals surface area (Å²) in [5.74, 6) is 0. The lowest BCUT2D eigenvalue weighted by Gasteiger charge is -2.28. The zero-order chi connectivity index (χ0) is 12.1. The summed E-state index contributed by atoms with van der Waals surface area (Å²) < 4.78 is 28.5. The van der Waals surface area contributed by atoms with Crippen LogP contribution in [0.1, 0.15) is 19.8 Å². The molecule has 0 aliphatic rings. The van der Waals surface area contributed by atoms with Crippen molar-refractivity contribution in [1.82, 2.24) is 0 Å². The van der Waals surface area contributed by atoms with Gasteiger partial charge in [-0.25, -0.2) is 4.57 Å². The van der Waals surface area contributed by atoms with E-state index >= 15 is 0 Å². The molecule has 1 unspecified atom stereocenters. The fourth-order valence-electron chi connectivity index (χ4n) is 0.834. The van der Waals surface area contributed by atoms with E-state index in [2.05, 4.69) is 9.05 Å². The Morgan fingerprint density at radius 3 is 2.27 bits per heavy atom. The van der Waals surface area contributed by atoms with E-state index in [4.69, 9.17) is 9.79 Å². The molecule has 0 rings (SSSR count). The van der Waals surface area contributed by atoms with Crippen molar-refractivity contribution in [2.45, 2.75) is 25.9 Å². The van der Waals surface area contributed by atoms with Crippen LogP contribution in [0.3, 0.4) is 0 Å². The number of phosphoric acid groups is 2. The van der Waals surface area contributed by atoms with Crippen molar-refractivity contribution in [3.63, 3.8) is 0 Å². The summed E-state index contributed by atoms with van der Waals surface area (Å²) in [7, 11) is -9.48. The predicted octanol–water partition coefficient (Wildman–Crippen LogP) is -0.890. The van der Waals surface area contributed by atoms with Gasteiger partial charge in [0, 0.05) is 0 Å². The van der Waals surface area contributed by atoms with Crippen LogP contribution in [0.25, 0.3) is 0 Å². The van der Waals surface area contributed by atoms with E-state index in [0.717, 1.165) is 0 Å². The molecule has 0 aliphatic heterocycles. The monoisotopic (exact) mass is 262 g/mol. The third-order valence-corrected chi connectivity index (χ3v) is 2.45. The van der Waals surface area contributed by atoms with E-state index in [1.54, 1.807) is 0 Å². The zero-order valence-electron chi connectivity index (χ0n) is 7.94. The molecule has 0 aliphatic carbocycles. The molecule has 15 heavy (non-hydrogen) atoms. The molecule has 10 heteroatoms.